The molecule has 0 bridgehead atoms. The molecule has 0 saturated heterocycles. The van der Waals surface area contributed by atoms with Crippen molar-refractivity contribution in [2.24, 2.45) is 0 Å². The Labute approximate surface area is 103 Å². The molecule has 5 heavy (non-hydrogen) atoms. The van der Waals surface area contributed by atoms with E-state index in [2.05, 4.69) is 0 Å². The molecular formula is H9LaMgNSiZr. The summed E-state index contributed by atoms with van der Waals surface area (Å²) < 4.78 is 0. The Morgan fingerprint density at radius 1 is 1.20 bits per heavy atom. The molecule has 0 aromatic carbocycles. The molecule has 0 fully saturated rings. The van der Waals surface area contributed by atoms with Crippen LogP contribution in [0.25, 0.3) is 0 Å². The van der Waals surface area contributed by atoms with Gasteiger partial charge in [-0.1, -0.05) is 0 Å². The van der Waals surface area contributed by atoms with E-state index in [4.69, 9.17) is 0 Å². The average molecular weight is 306 g/mol. The van der Waals surface area contributed by atoms with Gasteiger partial charge in [-0.25, -0.2) is 0 Å². The Morgan fingerprint density at radius 2 is 1.20 bits per heavy atom. The van der Waals surface area contributed by atoms with Crippen molar-refractivity contribution < 1.29 is 64.7 Å². The normalized spacial score (nSPS) is 0. The fourth-order valence-electron chi connectivity index (χ4n) is 0. The van der Waals surface area contributed by atoms with E-state index >= 15 is 0 Å². The van der Waals surface area contributed by atoms with Gasteiger partial charge in [-0.05, 0) is 11.0 Å². The van der Waals surface area contributed by atoms with Crippen molar-refractivity contribution in [1.29, 1.82) is 0 Å². The van der Waals surface area contributed by atoms with E-state index in [1.165, 1.54) is 0 Å². The molecule has 0 atom stereocenters. The third kappa shape index (κ3) is 19.4. The van der Waals surface area contributed by atoms with E-state index in [1.807, 2.05) is 0 Å². The molecule has 1 radical (unpaired) electrons. The van der Waals surface area contributed by atoms with Crippen LogP contribution >= 0.6 is 0 Å². The average Bonchev–Trinajstić information content (AvgIpc) is 0. The van der Waals surface area contributed by atoms with Gasteiger partial charge in [-0.3, -0.25) is 0 Å². The molecule has 0 aliphatic rings. The van der Waals surface area contributed by atoms with Crippen LogP contribution in [0.2, 0.25) is 0 Å². The SMILES string of the molecule is N.[H-].[H-].[La].[Mg+2].[SiH4].[Zr]. The second kappa shape index (κ2) is 27.9. The molecule has 0 heterocycles. The Bertz CT molecular complexity index is 17.7. The van der Waals surface area contributed by atoms with Gasteiger partial charge in [0.2, 0.25) is 0 Å². The quantitative estimate of drug-likeness (QED) is 0.546. The van der Waals surface area contributed by atoms with Crippen molar-refractivity contribution in [3.63, 3.8) is 0 Å². The molecule has 0 aromatic rings. The van der Waals surface area contributed by atoms with Gasteiger partial charge in [0.25, 0.3) is 0 Å². The first-order valence-electron chi connectivity index (χ1n) is 0. The van der Waals surface area contributed by atoms with E-state index in [9.17, 15) is 0 Å². The van der Waals surface area contributed by atoms with Crippen LogP contribution in [0, 0.1) is 35.6 Å². The summed E-state index contributed by atoms with van der Waals surface area (Å²) in [5.74, 6) is 0. The van der Waals surface area contributed by atoms with Crippen LogP contribution in [-0.4, -0.2) is 34.0 Å². The maximum atomic E-state index is 0. The Kier molecular flexibility index (Phi) is 242. The summed E-state index contributed by atoms with van der Waals surface area (Å²) in [5.41, 5.74) is 0. The van der Waals surface area contributed by atoms with Crippen molar-refractivity contribution in [1.82, 2.24) is 6.15 Å². The Morgan fingerprint density at radius 3 is 1.20 bits per heavy atom. The van der Waals surface area contributed by atoms with E-state index in [1.54, 1.807) is 0 Å². The summed E-state index contributed by atoms with van der Waals surface area (Å²) in [7, 11) is 0. The minimum Gasteiger partial charge on any atom is -1.00 e. The molecule has 5 heteroatoms. The Hall–Kier alpha value is 3.02. The maximum absolute atomic E-state index is 0. The van der Waals surface area contributed by atoms with E-state index in [0.29, 0.717) is 0 Å². The molecule has 0 aliphatic heterocycles. The van der Waals surface area contributed by atoms with Crippen LogP contribution in [0.3, 0.4) is 0 Å². The van der Waals surface area contributed by atoms with Gasteiger partial charge in [0, 0.05) is 61.8 Å². The molecule has 0 aliphatic carbocycles. The van der Waals surface area contributed by atoms with Crippen LogP contribution in [0.1, 0.15) is 2.85 Å². The second-order valence-corrected chi connectivity index (χ2v) is 0. The van der Waals surface area contributed by atoms with Gasteiger partial charge in [-0.2, -0.15) is 0 Å². The van der Waals surface area contributed by atoms with Gasteiger partial charge >= 0.3 is 23.1 Å². The third-order valence-corrected chi connectivity index (χ3v) is 0. The minimum absolute atomic E-state index is 0. The fourth-order valence-corrected chi connectivity index (χ4v) is 0. The van der Waals surface area contributed by atoms with E-state index < -0.39 is 0 Å². The molecule has 1 nitrogen and oxygen atoms in total. The topological polar surface area (TPSA) is 35.0 Å². The van der Waals surface area contributed by atoms with Crippen LogP contribution < -0.4 is 6.15 Å². The van der Waals surface area contributed by atoms with Gasteiger partial charge in [-0.15, -0.1) is 0 Å². The largest absolute Gasteiger partial charge is 2.00 e. The molecule has 0 amide bonds. The van der Waals surface area contributed by atoms with Crippen molar-refractivity contribution in [3.05, 3.63) is 0 Å². The van der Waals surface area contributed by atoms with Crippen LogP contribution in [-0.2, 0) is 26.2 Å². The predicted molar refractivity (Wildman–Crippen MR) is 24.3 cm³/mol. The summed E-state index contributed by atoms with van der Waals surface area (Å²) in [6.07, 6.45) is 0. The second-order valence-electron chi connectivity index (χ2n) is 0. The van der Waals surface area contributed by atoms with Crippen LogP contribution in [0.4, 0.5) is 0 Å². The predicted octanol–water partition coefficient (Wildman–Crippen LogP) is -1.45. The zero-order valence-electron chi connectivity index (χ0n) is 4.49. The first-order chi connectivity index (χ1) is 0. The first-order valence-corrected chi connectivity index (χ1v) is 0. The van der Waals surface area contributed by atoms with Crippen molar-refractivity contribution >= 4 is 34.0 Å². The monoisotopic (exact) mass is 304 g/mol. The van der Waals surface area contributed by atoms with Crippen molar-refractivity contribution in [2.75, 3.05) is 0 Å². The van der Waals surface area contributed by atoms with Gasteiger partial charge < -0.3 is 9.00 Å². The zero-order chi connectivity index (χ0) is 0. The molecule has 0 saturated carbocycles. The molecular weight excluding hydrogens is 297 g/mol. The molecule has 27 valence electrons. The maximum Gasteiger partial charge on any atom is 2.00 e. The summed E-state index contributed by atoms with van der Waals surface area (Å²) in [4.78, 5) is 0. The van der Waals surface area contributed by atoms with E-state index in [-0.39, 0.29) is 105 Å². The number of rotatable bonds is 0. The van der Waals surface area contributed by atoms with Gasteiger partial charge in [0.1, 0.15) is 0 Å². The van der Waals surface area contributed by atoms with Crippen molar-refractivity contribution in [2.45, 2.75) is 0 Å². The number of hydrogen-bond acceptors (Lipinski definition) is 1. The molecule has 0 rings (SSSR count). The molecule has 0 unspecified atom stereocenters. The number of hydrogen-bond donors (Lipinski definition) is 1. The third-order valence-electron chi connectivity index (χ3n) is 0. The van der Waals surface area contributed by atoms with Crippen LogP contribution in [0.15, 0.2) is 0 Å². The summed E-state index contributed by atoms with van der Waals surface area (Å²) in [5, 5.41) is 0. The van der Waals surface area contributed by atoms with E-state index in [0.717, 1.165) is 0 Å². The minimum atomic E-state index is 0. The van der Waals surface area contributed by atoms with Crippen molar-refractivity contribution in [3.8, 4) is 0 Å². The smallest absolute Gasteiger partial charge is 1.00 e. The van der Waals surface area contributed by atoms with Gasteiger partial charge in [0.15, 0.2) is 0 Å². The Balaban J connectivity index is 0. The molecule has 0 aromatic heterocycles. The summed E-state index contributed by atoms with van der Waals surface area (Å²) >= 11 is 0. The zero-order valence-corrected chi connectivity index (χ0v) is 9.99. The fraction of sp³-hybridized carbons (Fsp3) is 0. The standard InChI is InChI=1S/La.Mg.H3N.H4Si.Zr.2H/h;;1H3;1H4;;;/q;+2;;;;2*-1. The molecule has 0 spiro atoms. The summed E-state index contributed by atoms with van der Waals surface area (Å²) in [6.45, 7) is 0. The summed E-state index contributed by atoms with van der Waals surface area (Å²) in [6, 6.07) is 0. The van der Waals surface area contributed by atoms with Gasteiger partial charge in [0.05, 0.1) is 0 Å². The van der Waals surface area contributed by atoms with Crippen LogP contribution in [0.5, 0.6) is 0 Å². The molecule has 3 N–H and O–H groups in total. The first kappa shape index (κ1) is 43.3.